The molecular formula is C17H29N3O5S. The van der Waals surface area contributed by atoms with Crippen molar-refractivity contribution in [1.29, 1.82) is 0 Å². The first-order valence-corrected chi connectivity index (χ1v) is 10.2. The summed E-state index contributed by atoms with van der Waals surface area (Å²) in [6.07, 6.45) is 1.74. The average molecular weight is 388 g/mol. The maximum atomic E-state index is 11.3. The van der Waals surface area contributed by atoms with Crippen molar-refractivity contribution in [2.75, 3.05) is 40.4 Å². The Hall–Kier alpha value is -2.16. The van der Waals surface area contributed by atoms with Gasteiger partial charge in [0.2, 0.25) is 5.75 Å². The Morgan fingerprint density at radius 1 is 1.15 bits per heavy atom. The molecule has 2 N–H and O–H groups in total. The molecule has 1 aromatic carbocycles. The highest BCUT2D eigenvalue weighted by molar-refractivity contribution is 7.90. The predicted molar refractivity (Wildman–Crippen MR) is 103 cm³/mol. The minimum atomic E-state index is -2.98. The zero-order chi connectivity index (χ0) is 19.7. The molecule has 9 heteroatoms. The molecule has 26 heavy (non-hydrogen) atoms. The van der Waals surface area contributed by atoms with E-state index in [2.05, 4.69) is 15.6 Å². The van der Waals surface area contributed by atoms with E-state index < -0.39 is 9.84 Å². The Labute approximate surface area is 155 Å². The van der Waals surface area contributed by atoms with Gasteiger partial charge in [-0.3, -0.25) is 4.99 Å². The molecule has 0 saturated heterocycles. The lowest BCUT2D eigenvalue weighted by Gasteiger charge is -2.18. The lowest BCUT2D eigenvalue weighted by atomic mass is 10.2. The van der Waals surface area contributed by atoms with Gasteiger partial charge in [0.25, 0.3) is 0 Å². The molecule has 0 aliphatic heterocycles. The molecule has 0 bridgehead atoms. The molecule has 0 heterocycles. The first kappa shape index (κ1) is 21.9. The van der Waals surface area contributed by atoms with E-state index in [4.69, 9.17) is 14.2 Å². The van der Waals surface area contributed by atoms with Crippen LogP contribution in [-0.2, 0) is 16.4 Å². The Morgan fingerprint density at radius 2 is 1.73 bits per heavy atom. The maximum absolute atomic E-state index is 11.3. The highest BCUT2D eigenvalue weighted by atomic mass is 32.2. The first-order chi connectivity index (χ1) is 12.2. The largest absolute Gasteiger partial charge is 0.493 e. The SMILES string of the molecule is CN=C(NCc1cc(OC)c(OC)c(OC)c1)NC(C)CCS(C)(=O)=O. The number of aliphatic imine (C=N–C) groups is 1. The summed E-state index contributed by atoms with van der Waals surface area (Å²) in [6.45, 7) is 2.40. The summed E-state index contributed by atoms with van der Waals surface area (Å²) < 4.78 is 38.5. The smallest absolute Gasteiger partial charge is 0.203 e. The van der Waals surface area contributed by atoms with Crippen LogP contribution in [-0.4, -0.2) is 60.8 Å². The fraction of sp³-hybridized carbons (Fsp3) is 0.588. The highest BCUT2D eigenvalue weighted by Gasteiger charge is 2.14. The number of ether oxygens (including phenoxy) is 3. The molecule has 0 aromatic heterocycles. The fourth-order valence-electron chi connectivity index (χ4n) is 2.31. The van der Waals surface area contributed by atoms with Crippen LogP contribution in [0.4, 0.5) is 0 Å². The Morgan fingerprint density at radius 3 is 2.15 bits per heavy atom. The van der Waals surface area contributed by atoms with E-state index in [1.54, 1.807) is 28.4 Å². The summed E-state index contributed by atoms with van der Waals surface area (Å²) in [6, 6.07) is 3.68. The van der Waals surface area contributed by atoms with Gasteiger partial charge in [-0.25, -0.2) is 8.42 Å². The number of sulfone groups is 1. The molecule has 0 amide bonds. The van der Waals surface area contributed by atoms with Crippen molar-refractivity contribution in [2.24, 2.45) is 4.99 Å². The van der Waals surface area contributed by atoms with Gasteiger partial charge in [-0.1, -0.05) is 0 Å². The van der Waals surface area contributed by atoms with Crippen LogP contribution in [0.2, 0.25) is 0 Å². The molecule has 0 aliphatic carbocycles. The zero-order valence-corrected chi connectivity index (χ0v) is 17.1. The number of hydrogen-bond acceptors (Lipinski definition) is 6. The molecule has 148 valence electrons. The van der Waals surface area contributed by atoms with Crippen molar-refractivity contribution in [3.8, 4) is 17.2 Å². The van der Waals surface area contributed by atoms with Gasteiger partial charge in [0.15, 0.2) is 17.5 Å². The standard InChI is InChI=1S/C17H29N3O5S/c1-12(7-8-26(6,21)22)20-17(18-2)19-11-13-9-14(23-3)16(25-5)15(10-13)24-4/h9-10,12H,7-8,11H2,1-6H3,(H2,18,19,20). The van der Waals surface area contributed by atoms with Crippen LogP contribution in [0.25, 0.3) is 0 Å². The Bertz CT molecular complexity index is 694. The van der Waals surface area contributed by atoms with Gasteiger partial charge in [-0.2, -0.15) is 0 Å². The third-order valence-corrected chi connectivity index (χ3v) is 4.69. The molecule has 1 rings (SSSR count). The molecule has 0 fully saturated rings. The summed E-state index contributed by atoms with van der Waals surface area (Å²) in [5, 5.41) is 6.37. The van der Waals surface area contributed by atoms with Crippen LogP contribution in [0.1, 0.15) is 18.9 Å². The Kier molecular flexibility index (Phi) is 8.50. The van der Waals surface area contributed by atoms with Crippen molar-refractivity contribution in [3.05, 3.63) is 17.7 Å². The molecule has 0 aliphatic rings. The normalized spacial score (nSPS) is 13.1. The molecule has 1 aromatic rings. The van der Waals surface area contributed by atoms with Crippen LogP contribution in [0.15, 0.2) is 17.1 Å². The van der Waals surface area contributed by atoms with Crippen molar-refractivity contribution in [2.45, 2.75) is 25.9 Å². The van der Waals surface area contributed by atoms with Crippen molar-refractivity contribution in [3.63, 3.8) is 0 Å². The second-order valence-electron chi connectivity index (χ2n) is 5.92. The van der Waals surface area contributed by atoms with Gasteiger partial charge < -0.3 is 24.8 Å². The Balaban J connectivity index is 2.74. The third-order valence-electron chi connectivity index (χ3n) is 3.71. The summed E-state index contributed by atoms with van der Waals surface area (Å²) in [4.78, 5) is 4.16. The number of benzene rings is 1. The van der Waals surface area contributed by atoms with Crippen molar-refractivity contribution < 1.29 is 22.6 Å². The third kappa shape index (κ3) is 6.99. The monoisotopic (exact) mass is 387 g/mol. The van der Waals surface area contributed by atoms with Crippen LogP contribution >= 0.6 is 0 Å². The maximum Gasteiger partial charge on any atom is 0.203 e. The van der Waals surface area contributed by atoms with Gasteiger partial charge in [-0.15, -0.1) is 0 Å². The van der Waals surface area contributed by atoms with E-state index in [0.717, 1.165) is 5.56 Å². The van der Waals surface area contributed by atoms with Gasteiger partial charge >= 0.3 is 0 Å². The number of hydrogen-bond donors (Lipinski definition) is 2. The van der Waals surface area contributed by atoms with Crippen LogP contribution in [0.5, 0.6) is 17.2 Å². The van der Waals surface area contributed by atoms with Gasteiger partial charge in [0.05, 0.1) is 27.1 Å². The van der Waals surface area contributed by atoms with Gasteiger partial charge in [0.1, 0.15) is 9.84 Å². The summed E-state index contributed by atoms with van der Waals surface area (Å²) in [7, 11) is 3.37. The first-order valence-electron chi connectivity index (χ1n) is 8.17. The van der Waals surface area contributed by atoms with Crippen LogP contribution < -0.4 is 24.8 Å². The topological polar surface area (TPSA) is 98.2 Å². The highest BCUT2D eigenvalue weighted by Crippen LogP contribution is 2.38. The van der Waals surface area contributed by atoms with Crippen molar-refractivity contribution in [1.82, 2.24) is 10.6 Å². The van der Waals surface area contributed by atoms with E-state index in [0.29, 0.717) is 36.2 Å². The second kappa shape index (κ2) is 10.1. The zero-order valence-electron chi connectivity index (χ0n) is 16.3. The molecular weight excluding hydrogens is 358 g/mol. The summed E-state index contributed by atoms with van der Waals surface area (Å²) in [5.74, 6) is 2.40. The van der Waals surface area contributed by atoms with Crippen molar-refractivity contribution >= 4 is 15.8 Å². The second-order valence-corrected chi connectivity index (χ2v) is 8.18. The minimum Gasteiger partial charge on any atom is -0.493 e. The fourth-order valence-corrected chi connectivity index (χ4v) is 3.10. The lowest BCUT2D eigenvalue weighted by Crippen LogP contribution is -2.42. The van der Waals surface area contributed by atoms with Gasteiger partial charge in [0, 0.05) is 25.9 Å². The molecule has 0 spiro atoms. The average Bonchev–Trinajstić information content (AvgIpc) is 2.61. The molecule has 8 nitrogen and oxygen atoms in total. The van der Waals surface area contributed by atoms with E-state index in [-0.39, 0.29) is 11.8 Å². The number of methoxy groups -OCH3 is 3. The van der Waals surface area contributed by atoms with E-state index in [1.807, 2.05) is 19.1 Å². The summed E-state index contributed by atoms with van der Waals surface area (Å²) >= 11 is 0. The quantitative estimate of drug-likeness (QED) is 0.485. The number of nitrogens with zero attached hydrogens (tertiary/aromatic N) is 1. The lowest BCUT2D eigenvalue weighted by molar-refractivity contribution is 0.323. The van der Waals surface area contributed by atoms with Crippen LogP contribution in [0, 0.1) is 0 Å². The molecule has 0 saturated carbocycles. The predicted octanol–water partition coefficient (Wildman–Crippen LogP) is 1.20. The number of rotatable bonds is 9. The molecule has 1 atom stereocenters. The van der Waals surface area contributed by atoms with Crippen LogP contribution in [0.3, 0.4) is 0 Å². The summed E-state index contributed by atoms with van der Waals surface area (Å²) in [5.41, 5.74) is 0.922. The van der Waals surface area contributed by atoms with E-state index >= 15 is 0 Å². The van der Waals surface area contributed by atoms with E-state index in [9.17, 15) is 8.42 Å². The molecule has 0 radical (unpaired) electrons. The van der Waals surface area contributed by atoms with Gasteiger partial charge in [-0.05, 0) is 31.0 Å². The van der Waals surface area contributed by atoms with E-state index in [1.165, 1.54) is 6.26 Å². The minimum absolute atomic E-state index is 0.0316. The molecule has 1 unspecified atom stereocenters. The number of nitrogens with one attached hydrogen (secondary N) is 2. The number of guanidine groups is 1.